The third-order valence-corrected chi connectivity index (χ3v) is 3.97. The minimum Gasteiger partial charge on any atom is -0.461 e. The zero-order valence-electron chi connectivity index (χ0n) is 14.2. The third kappa shape index (κ3) is 3.13. The quantitative estimate of drug-likeness (QED) is 0.472. The molecule has 1 aliphatic heterocycles. The van der Waals surface area contributed by atoms with Crippen LogP contribution in [0, 0.1) is 0 Å². The number of para-hydroxylation sites is 2. The lowest BCUT2D eigenvalue weighted by molar-refractivity contribution is -0.152. The molecular weight excluding hydrogens is 324 g/mol. The summed E-state index contributed by atoms with van der Waals surface area (Å²) in [5, 5.41) is 0. The van der Waals surface area contributed by atoms with E-state index in [9.17, 15) is 9.59 Å². The first kappa shape index (κ1) is 16.8. The van der Waals surface area contributed by atoms with Crippen LogP contribution in [-0.2, 0) is 23.8 Å². The van der Waals surface area contributed by atoms with Gasteiger partial charge in [0, 0.05) is 11.1 Å². The van der Waals surface area contributed by atoms with E-state index in [0.717, 1.165) is 11.0 Å². The summed E-state index contributed by atoms with van der Waals surface area (Å²) < 4.78 is 17.4. The zero-order valence-corrected chi connectivity index (χ0v) is 14.2. The lowest BCUT2D eigenvalue weighted by Gasteiger charge is -2.13. The van der Waals surface area contributed by atoms with Crippen molar-refractivity contribution in [3.8, 4) is 0 Å². The fourth-order valence-corrected chi connectivity index (χ4v) is 2.43. The van der Waals surface area contributed by atoms with E-state index in [1.807, 2.05) is 24.3 Å². The van der Waals surface area contributed by atoms with Gasteiger partial charge >= 0.3 is 11.9 Å². The van der Waals surface area contributed by atoms with Crippen LogP contribution in [0.4, 0.5) is 0 Å². The Morgan fingerprint density at radius 1 is 1.36 bits per heavy atom. The van der Waals surface area contributed by atoms with Crippen LogP contribution in [0.2, 0.25) is 0 Å². The van der Waals surface area contributed by atoms with Crippen molar-refractivity contribution in [2.75, 3.05) is 6.61 Å². The van der Waals surface area contributed by atoms with Crippen molar-refractivity contribution >= 4 is 28.7 Å². The van der Waals surface area contributed by atoms with Gasteiger partial charge in [-0.3, -0.25) is 4.57 Å². The lowest BCUT2D eigenvalue weighted by Crippen LogP contribution is -2.16. The van der Waals surface area contributed by atoms with Crippen molar-refractivity contribution in [1.29, 1.82) is 0 Å². The maximum atomic E-state index is 12.4. The van der Waals surface area contributed by atoms with Crippen LogP contribution in [0.3, 0.4) is 0 Å². The average Bonchev–Trinajstić information content (AvgIpc) is 3.13. The molecule has 2 aromatic rings. The number of hydrogen-bond donors (Lipinski definition) is 0. The van der Waals surface area contributed by atoms with Crippen LogP contribution in [0.25, 0.3) is 16.7 Å². The summed E-state index contributed by atoms with van der Waals surface area (Å²) in [6, 6.07) is 7.38. The van der Waals surface area contributed by atoms with Crippen LogP contribution in [0.1, 0.15) is 20.8 Å². The Kier molecular flexibility index (Phi) is 4.56. The highest BCUT2D eigenvalue weighted by atomic mass is 16.7. The first-order chi connectivity index (χ1) is 12.0. The predicted octanol–water partition coefficient (Wildman–Crippen LogP) is 2.63. The second-order valence-corrected chi connectivity index (χ2v) is 5.51. The Morgan fingerprint density at radius 2 is 2.12 bits per heavy atom. The zero-order chi connectivity index (χ0) is 18.0. The van der Waals surface area contributed by atoms with Gasteiger partial charge in [-0.1, -0.05) is 12.1 Å². The molecule has 1 aromatic heterocycles. The van der Waals surface area contributed by atoms with E-state index < -0.39 is 18.2 Å². The summed E-state index contributed by atoms with van der Waals surface area (Å²) in [5.41, 5.74) is 2.78. The molecule has 0 saturated carbocycles. The molecule has 25 heavy (non-hydrogen) atoms. The van der Waals surface area contributed by atoms with Crippen LogP contribution in [0.5, 0.6) is 0 Å². The van der Waals surface area contributed by atoms with Gasteiger partial charge in [0.2, 0.25) is 0 Å². The van der Waals surface area contributed by atoms with Gasteiger partial charge < -0.3 is 14.2 Å². The van der Waals surface area contributed by atoms with E-state index in [1.54, 1.807) is 25.3 Å². The Balaban J connectivity index is 1.96. The van der Waals surface area contributed by atoms with Gasteiger partial charge in [0.15, 0.2) is 5.70 Å². The molecule has 2 heterocycles. The first-order valence-corrected chi connectivity index (χ1v) is 7.86. The number of carbonyl (C=O) groups excluding carboxylic acids is 2. The number of benzene rings is 1. The largest absolute Gasteiger partial charge is 0.461 e. The second kappa shape index (κ2) is 6.80. The van der Waals surface area contributed by atoms with Crippen molar-refractivity contribution in [3.63, 3.8) is 0 Å². The average molecular weight is 342 g/mol. The topological polar surface area (TPSA) is 79.7 Å². The number of ether oxygens (including phenoxy) is 3. The third-order valence-electron chi connectivity index (χ3n) is 3.97. The van der Waals surface area contributed by atoms with Crippen LogP contribution < -0.4 is 0 Å². The molecule has 1 aliphatic rings. The van der Waals surface area contributed by atoms with E-state index in [1.165, 1.54) is 12.6 Å². The molecule has 1 unspecified atom stereocenters. The van der Waals surface area contributed by atoms with Gasteiger partial charge in [0.25, 0.3) is 6.29 Å². The molecule has 7 nitrogen and oxygen atoms in total. The summed E-state index contributed by atoms with van der Waals surface area (Å²) in [6.07, 6.45) is 1.91. The van der Waals surface area contributed by atoms with Gasteiger partial charge in [-0.15, -0.1) is 0 Å². The van der Waals surface area contributed by atoms with Gasteiger partial charge in [-0.25, -0.2) is 14.6 Å². The number of hydrogen-bond acceptors (Lipinski definition) is 6. The summed E-state index contributed by atoms with van der Waals surface area (Å²) >= 11 is 0. The Labute approximate surface area is 144 Å². The number of esters is 2. The maximum Gasteiger partial charge on any atom is 0.358 e. The normalized spacial score (nSPS) is 17.8. The molecule has 0 N–H and O–H groups in total. The molecule has 0 radical (unpaired) electrons. The van der Waals surface area contributed by atoms with Crippen LogP contribution >= 0.6 is 0 Å². The molecular formula is C18H18N2O5. The summed E-state index contributed by atoms with van der Waals surface area (Å²) in [6.45, 7) is 5.35. The van der Waals surface area contributed by atoms with Crippen molar-refractivity contribution in [1.82, 2.24) is 9.55 Å². The van der Waals surface area contributed by atoms with Gasteiger partial charge in [0.05, 0.1) is 17.6 Å². The molecule has 0 aliphatic carbocycles. The summed E-state index contributed by atoms with van der Waals surface area (Å²) in [4.78, 5) is 28.2. The maximum absolute atomic E-state index is 12.4. The Hall–Kier alpha value is -3.09. The smallest absolute Gasteiger partial charge is 0.358 e. The molecule has 1 atom stereocenters. The molecule has 0 bridgehead atoms. The van der Waals surface area contributed by atoms with Crippen molar-refractivity contribution in [2.45, 2.75) is 27.1 Å². The number of imidazole rings is 1. The van der Waals surface area contributed by atoms with Gasteiger partial charge in [-0.2, -0.15) is 0 Å². The fourth-order valence-electron chi connectivity index (χ4n) is 2.43. The van der Waals surface area contributed by atoms with Crippen molar-refractivity contribution < 1.29 is 23.8 Å². The van der Waals surface area contributed by atoms with Gasteiger partial charge in [0.1, 0.15) is 12.6 Å². The van der Waals surface area contributed by atoms with Crippen molar-refractivity contribution in [2.24, 2.45) is 0 Å². The second-order valence-electron chi connectivity index (χ2n) is 5.51. The highest BCUT2D eigenvalue weighted by molar-refractivity contribution is 6.11. The number of rotatable bonds is 5. The molecule has 3 rings (SSSR count). The van der Waals surface area contributed by atoms with Crippen molar-refractivity contribution in [3.05, 3.63) is 48.0 Å². The molecule has 130 valence electrons. The Bertz CT molecular complexity index is 894. The molecule has 0 amide bonds. The van der Waals surface area contributed by atoms with Crippen LogP contribution in [0.15, 0.2) is 48.0 Å². The van der Waals surface area contributed by atoms with E-state index in [4.69, 9.17) is 14.2 Å². The predicted molar refractivity (Wildman–Crippen MR) is 90.0 cm³/mol. The van der Waals surface area contributed by atoms with E-state index in [0.29, 0.717) is 11.1 Å². The number of carbonyl (C=O) groups is 2. The summed E-state index contributed by atoms with van der Waals surface area (Å²) in [7, 11) is 0. The van der Waals surface area contributed by atoms with E-state index >= 15 is 0 Å². The monoisotopic (exact) mass is 342 g/mol. The van der Waals surface area contributed by atoms with E-state index in [2.05, 4.69) is 4.98 Å². The minimum atomic E-state index is -0.855. The highest BCUT2D eigenvalue weighted by Gasteiger charge is 2.29. The first-order valence-electron chi connectivity index (χ1n) is 7.86. The molecule has 1 aromatic carbocycles. The summed E-state index contributed by atoms with van der Waals surface area (Å²) in [5.74, 6) is -0.991. The van der Waals surface area contributed by atoms with Crippen LogP contribution in [-0.4, -0.2) is 34.4 Å². The Morgan fingerprint density at radius 3 is 2.80 bits per heavy atom. The number of nitrogens with zero attached hydrogens (tertiary/aromatic N) is 2. The lowest BCUT2D eigenvalue weighted by atomic mass is 10.2. The molecule has 7 heteroatoms. The van der Waals surface area contributed by atoms with E-state index in [-0.39, 0.29) is 12.3 Å². The minimum absolute atomic E-state index is 0.143. The van der Waals surface area contributed by atoms with Gasteiger partial charge in [-0.05, 0) is 32.9 Å². The highest BCUT2D eigenvalue weighted by Crippen LogP contribution is 2.24. The number of fused-ring (bicyclic) bond motifs is 1. The number of aromatic nitrogens is 2. The SMILES string of the molecule is CCOC(=O)/C(=C/OC1OC(=O)C(C)=C1C)n1cnc2ccccc21. The molecule has 0 spiro atoms. The molecule has 0 fully saturated rings. The number of cyclic esters (lactones) is 1. The standard InChI is InChI=1S/C18H18N2O5/c1-4-23-17(22)15(9-24-18-12(3)11(2)16(21)25-18)20-10-19-13-7-5-6-8-14(13)20/h5-10,18H,4H2,1-3H3/b15-9-. The fraction of sp³-hybridized carbons (Fsp3) is 0.278. The molecule has 0 saturated heterocycles.